The van der Waals surface area contributed by atoms with Crippen LogP contribution in [0.5, 0.6) is 0 Å². The van der Waals surface area contributed by atoms with E-state index in [1.165, 1.54) is 0 Å². The van der Waals surface area contributed by atoms with E-state index in [9.17, 15) is 9.59 Å². The van der Waals surface area contributed by atoms with E-state index in [1.807, 2.05) is 26.0 Å². The molecule has 0 aliphatic carbocycles. The number of allylic oxidation sites excluding steroid dienone is 2. The van der Waals surface area contributed by atoms with Crippen LogP contribution in [-0.2, 0) is 14.3 Å². The summed E-state index contributed by atoms with van der Waals surface area (Å²) in [5.74, 6) is 0.121. The van der Waals surface area contributed by atoms with Gasteiger partial charge >= 0.3 is 5.97 Å². The van der Waals surface area contributed by atoms with Crippen molar-refractivity contribution in [2.24, 2.45) is 5.92 Å². The Labute approximate surface area is 115 Å². The van der Waals surface area contributed by atoms with Gasteiger partial charge in [-0.1, -0.05) is 26.8 Å². The monoisotopic (exact) mass is 264 g/mol. The summed E-state index contributed by atoms with van der Waals surface area (Å²) < 4.78 is 5.59. The minimum atomic E-state index is -0.482. The first-order valence-electron chi connectivity index (χ1n) is 7.10. The zero-order valence-electron chi connectivity index (χ0n) is 12.4. The summed E-state index contributed by atoms with van der Waals surface area (Å²) in [5, 5.41) is 0. The molecule has 0 N–H and O–H groups in total. The predicted octanol–water partition coefficient (Wildman–Crippen LogP) is 3.59. The molecule has 1 aliphatic heterocycles. The van der Waals surface area contributed by atoms with Gasteiger partial charge in [-0.15, -0.1) is 0 Å². The Hall–Kier alpha value is -1.38. The largest absolute Gasteiger partial charge is 0.451 e. The lowest BCUT2D eigenvalue weighted by Gasteiger charge is -2.28. The van der Waals surface area contributed by atoms with E-state index in [2.05, 4.69) is 6.92 Å². The Kier molecular flexibility index (Phi) is 5.52. The van der Waals surface area contributed by atoms with E-state index in [0.29, 0.717) is 6.42 Å². The molecule has 0 radical (unpaired) electrons. The Morgan fingerprint density at radius 3 is 2.53 bits per heavy atom. The maximum Gasteiger partial charge on any atom is 0.334 e. The SMILES string of the molecule is CCC1=C[C@@](CC)(C[C@H](C=CC(C)=O)CC)OC1=O. The molecule has 0 aromatic rings. The first-order chi connectivity index (χ1) is 8.96. The third-order valence-electron chi connectivity index (χ3n) is 3.71. The minimum Gasteiger partial charge on any atom is -0.451 e. The molecule has 0 aromatic carbocycles. The van der Waals surface area contributed by atoms with E-state index in [4.69, 9.17) is 4.74 Å². The molecule has 106 valence electrons. The number of cyclic esters (lactones) is 1. The van der Waals surface area contributed by atoms with Crippen LogP contribution in [0.4, 0.5) is 0 Å². The number of hydrogen-bond donors (Lipinski definition) is 0. The summed E-state index contributed by atoms with van der Waals surface area (Å²) in [6.45, 7) is 7.62. The van der Waals surface area contributed by atoms with Crippen molar-refractivity contribution >= 4 is 11.8 Å². The highest BCUT2D eigenvalue weighted by Crippen LogP contribution is 2.36. The Morgan fingerprint density at radius 2 is 2.11 bits per heavy atom. The molecule has 1 aliphatic rings. The van der Waals surface area contributed by atoms with Crippen molar-refractivity contribution in [1.82, 2.24) is 0 Å². The zero-order valence-corrected chi connectivity index (χ0v) is 12.4. The van der Waals surface area contributed by atoms with Crippen LogP contribution in [0.2, 0.25) is 0 Å². The second-order valence-corrected chi connectivity index (χ2v) is 5.17. The van der Waals surface area contributed by atoms with Crippen molar-refractivity contribution in [3.63, 3.8) is 0 Å². The molecule has 2 atom stereocenters. The molecule has 0 spiro atoms. The molecule has 3 nitrogen and oxygen atoms in total. The zero-order chi connectivity index (χ0) is 14.5. The average Bonchev–Trinajstić information content (AvgIpc) is 2.71. The number of rotatable bonds is 7. The molecule has 19 heavy (non-hydrogen) atoms. The van der Waals surface area contributed by atoms with Gasteiger partial charge in [-0.05, 0) is 50.7 Å². The smallest absolute Gasteiger partial charge is 0.334 e. The van der Waals surface area contributed by atoms with Gasteiger partial charge in [-0.2, -0.15) is 0 Å². The van der Waals surface area contributed by atoms with Gasteiger partial charge in [0.1, 0.15) is 5.60 Å². The first kappa shape index (κ1) is 15.7. The van der Waals surface area contributed by atoms with Crippen LogP contribution in [0, 0.1) is 5.92 Å². The fourth-order valence-electron chi connectivity index (χ4n) is 2.39. The standard InChI is InChI=1S/C16H24O3/c1-5-13(9-8-12(4)17)10-16(7-3)11-14(6-2)15(18)19-16/h8-9,11,13H,5-7,10H2,1-4H3/t13-,16+/m0/s1. The Bertz CT molecular complexity index is 406. The van der Waals surface area contributed by atoms with Gasteiger partial charge in [0, 0.05) is 5.57 Å². The van der Waals surface area contributed by atoms with Crippen LogP contribution < -0.4 is 0 Å². The molecule has 0 saturated heterocycles. The predicted molar refractivity (Wildman–Crippen MR) is 75.7 cm³/mol. The summed E-state index contributed by atoms with van der Waals surface area (Å²) in [7, 11) is 0. The lowest BCUT2D eigenvalue weighted by molar-refractivity contribution is -0.147. The number of ether oxygens (including phenoxy) is 1. The van der Waals surface area contributed by atoms with Crippen LogP contribution in [-0.4, -0.2) is 17.4 Å². The molecule has 0 saturated carbocycles. The molecule has 0 bridgehead atoms. The summed E-state index contributed by atoms with van der Waals surface area (Å²) >= 11 is 0. The highest BCUT2D eigenvalue weighted by molar-refractivity contribution is 5.91. The molecular formula is C16H24O3. The van der Waals surface area contributed by atoms with Gasteiger partial charge in [0.05, 0.1) is 0 Å². The number of ketones is 1. The fourth-order valence-corrected chi connectivity index (χ4v) is 2.39. The number of esters is 1. The second-order valence-electron chi connectivity index (χ2n) is 5.17. The molecule has 1 rings (SSSR count). The van der Waals surface area contributed by atoms with E-state index < -0.39 is 5.60 Å². The van der Waals surface area contributed by atoms with Gasteiger partial charge in [-0.25, -0.2) is 4.79 Å². The van der Waals surface area contributed by atoms with Crippen LogP contribution in [0.3, 0.4) is 0 Å². The van der Waals surface area contributed by atoms with Gasteiger partial charge in [-0.3, -0.25) is 4.79 Å². The second kappa shape index (κ2) is 6.69. The Balaban J connectivity index is 2.84. The summed E-state index contributed by atoms with van der Waals surface area (Å²) in [6.07, 6.45) is 8.69. The van der Waals surface area contributed by atoms with Gasteiger partial charge in [0.25, 0.3) is 0 Å². The van der Waals surface area contributed by atoms with Gasteiger partial charge in [0.2, 0.25) is 0 Å². The van der Waals surface area contributed by atoms with E-state index in [-0.39, 0.29) is 17.7 Å². The molecule has 0 fully saturated rings. The third kappa shape index (κ3) is 4.05. The highest BCUT2D eigenvalue weighted by atomic mass is 16.6. The topological polar surface area (TPSA) is 43.4 Å². The van der Waals surface area contributed by atoms with E-state index >= 15 is 0 Å². The lowest BCUT2D eigenvalue weighted by atomic mass is 9.86. The third-order valence-corrected chi connectivity index (χ3v) is 3.71. The molecule has 0 aromatic heterocycles. The van der Waals surface area contributed by atoms with Gasteiger partial charge in [0.15, 0.2) is 5.78 Å². The summed E-state index contributed by atoms with van der Waals surface area (Å²) in [4.78, 5) is 22.8. The maximum atomic E-state index is 11.8. The van der Waals surface area contributed by atoms with Crippen LogP contribution in [0.25, 0.3) is 0 Å². The fraction of sp³-hybridized carbons (Fsp3) is 0.625. The summed E-state index contributed by atoms with van der Waals surface area (Å²) in [6, 6.07) is 0. The van der Waals surface area contributed by atoms with Crippen molar-refractivity contribution < 1.29 is 14.3 Å². The number of carbonyl (C=O) groups is 2. The van der Waals surface area contributed by atoms with E-state index in [1.54, 1.807) is 13.0 Å². The Morgan fingerprint density at radius 1 is 1.42 bits per heavy atom. The van der Waals surface area contributed by atoms with Crippen molar-refractivity contribution in [1.29, 1.82) is 0 Å². The first-order valence-corrected chi connectivity index (χ1v) is 7.10. The van der Waals surface area contributed by atoms with E-state index in [0.717, 1.165) is 24.8 Å². The molecule has 1 heterocycles. The quantitative estimate of drug-likeness (QED) is 0.521. The minimum absolute atomic E-state index is 0.0530. The normalized spacial score (nSPS) is 24.4. The molecule has 3 heteroatoms. The van der Waals surface area contributed by atoms with Crippen LogP contribution in [0.15, 0.2) is 23.8 Å². The maximum absolute atomic E-state index is 11.8. The molecule has 0 amide bonds. The molecular weight excluding hydrogens is 240 g/mol. The van der Waals surface area contributed by atoms with Crippen molar-refractivity contribution in [3.8, 4) is 0 Å². The van der Waals surface area contributed by atoms with Crippen LogP contribution >= 0.6 is 0 Å². The van der Waals surface area contributed by atoms with Gasteiger partial charge < -0.3 is 4.74 Å². The number of hydrogen-bond acceptors (Lipinski definition) is 3. The summed E-state index contributed by atoms with van der Waals surface area (Å²) in [5.41, 5.74) is 0.289. The van der Waals surface area contributed by atoms with Crippen molar-refractivity contribution in [2.45, 2.75) is 59.0 Å². The average molecular weight is 264 g/mol. The lowest BCUT2D eigenvalue weighted by Crippen LogP contribution is -2.30. The number of carbonyl (C=O) groups excluding carboxylic acids is 2. The highest BCUT2D eigenvalue weighted by Gasteiger charge is 2.38. The van der Waals surface area contributed by atoms with Crippen LogP contribution in [0.1, 0.15) is 53.4 Å². The van der Waals surface area contributed by atoms with Crippen molar-refractivity contribution in [2.75, 3.05) is 0 Å². The molecule has 0 unspecified atom stereocenters. The van der Waals surface area contributed by atoms with Crippen molar-refractivity contribution in [3.05, 3.63) is 23.8 Å².